The number of rotatable bonds is 7. The lowest BCUT2D eigenvalue weighted by Gasteiger charge is -2.09. The van der Waals surface area contributed by atoms with E-state index in [9.17, 15) is 9.59 Å². The van der Waals surface area contributed by atoms with Gasteiger partial charge < -0.3 is 14.6 Å². The van der Waals surface area contributed by atoms with Crippen LogP contribution in [0.2, 0.25) is 0 Å². The van der Waals surface area contributed by atoms with E-state index in [1.54, 1.807) is 23.5 Å². The van der Waals surface area contributed by atoms with E-state index in [1.807, 2.05) is 17.5 Å². The summed E-state index contributed by atoms with van der Waals surface area (Å²) in [7, 11) is 1.43. The molecule has 0 saturated heterocycles. The van der Waals surface area contributed by atoms with Gasteiger partial charge >= 0.3 is 5.97 Å². The molecule has 5 nitrogen and oxygen atoms in total. The number of carbonyl (C=O) groups excluding carboxylic acids is 1. The molecule has 0 aliphatic heterocycles. The number of benzene rings is 1. The second-order valence-corrected chi connectivity index (χ2v) is 5.24. The van der Waals surface area contributed by atoms with Gasteiger partial charge in [-0.1, -0.05) is 6.07 Å². The summed E-state index contributed by atoms with van der Waals surface area (Å²) in [4.78, 5) is 23.6. The Balaban J connectivity index is 2.14. The first-order valence-corrected chi connectivity index (χ1v) is 7.26. The third kappa shape index (κ3) is 4.20. The molecule has 0 amide bonds. The molecule has 0 aliphatic rings. The number of thiophene rings is 1. The molecule has 1 aromatic heterocycles. The van der Waals surface area contributed by atoms with E-state index in [0.717, 1.165) is 4.88 Å². The van der Waals surface area contributed by atoms with Crippen molar-refractivity contribution in [2.24, 2.45) is 0 Å². The molecular weight excluding hydrogens is 304 g/mol. The van der Waals surface area contributed by atoms with Crippen LogP contribution in [0.4, 0.5) is 0 Å². The number of hydrogen-bond donors (Lipinski definition) is 1. The molecule has 22 heavy (non-hydrogen) atoms. The van der Waals surface area contributed by atoms with Gasteiger partial charge in [-0.05, 0) is 41.8 Å². The average molecular weight is 318 g/mol. The summed E-state index contributed by atoms with van der Waals surface area (Å²) in [6.07, 6.45) is 3.23. The number of carboxylic acids is 1. The van der Waals surface area contributed by atoms with Gasteiger partial charge in [0.1, 0.15) is 0 Å². The van der Waals surface area contributed by atoms with E-state index in [-0.39, 0.29) is 11.5 Å². The van der Waals surface area contributed by atoms with Crippen LogP contribution in [0.1, 0.15) is 15.2 Å². The standard InChI is InChI=1S/C16H14O5S/c1-20-15-9-11(4-7-14(15)21-10-16(18)19)13(17)6-5-12-3-2-8-22-12/h2-9H,10H2,1H3,(H,18,19). The largest absolute Gasteiger partial charge is 0.493 e. The molecule has 0 radical (unpaired) electrons. The number of hydrogen-bond acceptors (Lipinski definition) is 5. The quantitative estimate of drug-likeness (QED) is 0.627. The normalized spacial score (nSPS) is 10.6. The lowest BCUT2D eigenvalue weighted by molar-refractivity contribution is -0.139. The second-order valence-electron chi connectivity index (χ2n) is 4.26. The third-order valence-electron chi connectivity index (χ3n) is 2.74. The van der Waals surface area contributed by atoms with Crippen molar-refractivity contribution in [1.29, 1.82) is 0 Å². The summed E-state index contributed by atoms with van der Waals surface area (Å²) in [5.74, 6) is -0.655. The van der Waals surface area contributed by atoms with Crippen LogP contribution in [0.15, 0.2) is 41.8 Å². The topological polar surface area (TPSA) is 72.8 Å². The SMILES string of the molecule is COc1cc(C(=O)C=Cc2cccs2)ccc1OCC(=O)O. The van der Waals surface area contributed by atoms with Gasteiger partial charge in [-0.25, -0.2) is 4.79 Å². The van der Waals surface area contributed by atoms with Gasteiger partial charge in [0.25, 0.3) is 0 Å². The Labute approximate surface area is 131 Å². The Kier molecular flexibility index (Phi) is 5.32. The highest BCUT2D eigenvalue weighted by Crippen LogP contribution is 2.28. The molecule has 0 unspecified atom stereocenters. The molecule has 0 fully saturated rings. The fourth-order valence-electron chi connectivity index (χ4n) is 1.72. The molecule has 0 aliphatic carbocycles. The summed E-state index contributed by atoms with van der Waals surface area (Å²) in [5.41, 5.74) is 0.437. The first-order valence-electron chi connectivity index (χ1n) is 6.38. The summed E-state index contributed by atoms with van der Waals surface area (Å²) in [6.45, 7) is -0.470. The van der Waals surface area contributed by atoms with E-state index >= 15 is 0 Å². The maximum Gasteiger partial charge on any atom is 0.341 e. The van der Waals surface area contributed by atoms with Gasteiger partial charge in [-0.2, -0.15) is 0 Å². The molecule has 0 spiro atoms. The minimum absolute atomic E-state index is 0.170. The monoisotopic (exact) mass is 318 g/mol. The van der Waals surface area contributed by atoms with Crippen LogP contribution in [0, 0.1) is 0 Å². The number of allylic oxidation sites excluding steroid dienone is 1. The van der Waals surface area contributed by atoms with E-state index in [0.29, 0.717) is 11.3 Å². The minimum Gasteiger partial charge on any atom is -0.493 e. The zero-order chi connectivity index (χ0) is 15.9. The van der Waals surface area contributed by atoms with Crippen molar-refractivity contribution < 1.29 is 24.2 Å². The molecule has 0 atom stereocenters. The lowest BCUT2D eigenvalue weighted by atomic mass is 10.1. The minimum atomic E-state index is -1.08. The van der Waals surface area contributed by atoms with Crippen LogP contribution in [0.3, 0.4) is 0 Å². The van der Waals surface area contributed by atoms with E-state index in [2.05, 4.69) is 0 Å². The lowest BCUT2D eigenvalue weighted by Crippen LogP contribution is -2.10. The fraction of sp³-hybridized carbons (Fsp3) is 0.125. The zero-order valence-electron chi connectivity index (χ0n) is 11.8. The van der Waals surface area contributed by atoms with Gasteiger partial charge in [0.2, 0.25) is 0 Å². The zero-order valence-corrected chi connectivity index (χ0v) is 12.6. The number of ketones is 1. The van der Waals surface area contributed by atoms with Crippen molar-refractivity contribution in [3.8, 4) is 11.5 Å². The number of ether oxygens (including phenoxy) is 2. The first kappa shape index (κ1) is 15.8. The maximum atomic E-state index is 12.1. The van der Waals surface area contributed by atoms with Crippen LogP contribution < -0.4 is 9.47 Å². The van der Waals surface area contributed by atoms with Crippen LogP contribution in [-0.4, -0.2) is 30.6 Å². The predicted octanol–water partition coefficient (Wildman–Crippen LogP) is 3.12. The van der Waals surface area contributed by atoms with Crippen molar-refractivity contribution in [1.82, 2.24) is 0 Å². The number of methoxy groups -OCH3 is 1. The number of aliphatic carboxylic acids is 1. The highest BCUT2D eigenvalue weighted by atomic mass is 32.1. The van der Waals surface area contributed by atoms with E-state index in [4.69, 9.17) is 14.6 Å². The summed E-state index contributed by atoms with van der Waals surface area (Å²) in [5, 5.41) is 10.5. The average Bonchev–Trinajstić information content (AvgIpc) is 3.03. The van der Waals surface area contributed by atoms with Gasteiger partial charge in [-0.3, -0.25) is 4.79 Å². The highest BCUT2D eigenvalue weighted by molar-refractivity contribution is 7.10. The van der Waals surface area contributed by atoms with Crippen molar-refractivity contribution >= 4 is 29.2 Å². The van der Waals surface area contributed by atoms with Crippen molar-refractivity contribution in [2.75, 3.05) is 13.7 Å². The summed E-state index contributed by atoms with van der Waals surface area (Å²) < 4.78 is 10.2. The molecule has 1 heterocycles. The fourth-order valence-corrected chi connectivity index (χ4v) is 2.34. The van der Waals surface area contributed by atoms with Gasteiger partial charge in [-0.15, -0.1) is 11.3 Å². The van der Waals surface area contributed by atoms with Crippen LogP contribution in [0.25, 0.3) is 6.08 Å². The van der Waals surface area contributed by atoms with Gasteiger partial charge in [0.05, 0.1) is 7.11 Å². The third-order valence-corrected chi connectivity index (χ3v) is 3.58. The Bertz CT molecular complexity index is 689. The first-order chi connectivity index (χ1) is 10.6. The molecule has 6 heteroatoms. The molecular formula is C16H14O5S. The molecule has 0 saturated carbocycles. The molecule has 2 rings (SSSR count). The Morgan fingerprint density at radius 3 is 2.73 bits per heavy atom. The van der Waals surface area contributed by atoms with Crippen molar-refractivity contribution in [2.45, 2.75) is 0 Å². The molecule has 0 bridgehead atoms. The smallest absolute Gasteiger partial charge is 0.341 e. The van der Waals surface area contributed by atoms with Gasteiger partial charge in [0, 0.05) is 10.4 Å². The Morgan fingerprint density at radius 1 is 1.27 bits per heavy atom. The van der Waals surface area contributed by atoms with E-state index < -0.39 is 12.6 Å². The predicted molar refractivity (Wildman–Crippen MR) is 83.8 cm³/mol. The van der Waals surface area contributed by atoms with Gasteiger partial charge in [0.15, 0.2) is 23.9 Å². The molecule has 1 aromatic carbocycles. The van der Waals surface area contributed by atoms with E-state index in [1.165, 1.54) is 25.3 Å². The maximum absolute atomic E-state index is 12.1. The Hall–Kier alpha value is -2.60. The molecule has 114 valence electrons. The number of carboxylic acid groups (broad SMARTS) is 1. The van der Waals surface area contributed by atoms with Crippen LogP contribution >= 0.6 is 11.3 Å². The molecule has 2 aromatic rings. The van der Waals surface area contributed by atoms with Crippen LogP contribution in [0.5, 0.6) is 11.5 Å². The summed E-state index contributed by atoms with van der Waals surface area (Å²) >= 11 is 1.54. The summed E-state index contributed by atoms with van der Waals surface area (Å²) in [6, 6.07) is 8.44. The molecule has 1 N–H and O–H groups in total. The van der Waals surface area contributed by atoms with Crippen LogP contribution in [-0.2, 0) is 4.79 Å². The Morgan fingerprint density at radius 2 is 2.09 bits per heavy atom. The number of carbonyl (C=O) groups is 2. The van der Waals surface area contributed by atoms with Crippen molar-refractivity contribution in [3.05, 3.63) is 52.2 Å². The highest BCUT2D eigenvalue weighted by Gasteiger charge is 2.10. The second kappa shape index (κ2) is 7.42. The van der Waals surface area contributed by atoms with Crippen molar-refractivity contribution in [3.63, 3.8) is 0 Å².